The van der Waals surface area contributed by atoms with Crippen molar-refractivity contribution in [3.8, 4) is 0 Å². The first kappa shape index (κ1) is 15.9. The van der Waals surface area contributed by atoms with E-state index >= 15 is 0 Å². The molecule has 3 atom stereocenters. The molecule has 1 heterocycles. The predicted octanol–water partition coefficient (Wildman–Crippen LogP) is 2.53. The third-order valence-corrected chi connectivity index (χ3v) is 5.38. The monoisotopic (exact) mass is 336 g/mol. The summed E-state index contributed by atoms with van der Waals surface area (Å²) in [5, 5.41) is 5.93. The minimum Gasteiger partial charge on any atom is -0.363 e. The lowest BCUT2D eigenvalue weighted by atomic mass is 10.0. The number of anilines is 1. The van der Waals surface area contributed by atoms with Crippen LogP contribution in [0.15, 0.2) is 42.5 Å². The molecule has 130 valence electrons. The molecule has 0 aliphatic heterocycles. The highest BCUT2D eigenvalue weighted by molar-refractivity contribution is 5.73. The van der Waals surface area contributed by atoms with E-state index in [0.717, 1.165) is 30.4 Å². The van der Waals surface area contributed by atoms with Gasteiger partial charge in [-0.05, 0) is 47.4 Å². The lowest BCUT2D eigenvalue weighted by Crippen LogP contribution is -2.36. The van der Waals surface area contributed by atoms with Crippen LogP contribution in [0.25, 0.3) is 0 Å². The zero-order chi connectivity index (χ0) is 17.4. The Hall–Kier alpha value is -2.56. The Balaban J connectivity index is 1.24. The third kappa shape index (κ3) is 3.18. The van der Waals surface area contributed by atoms with Gasteiger partial charge in [0.25, 0.3) is 0 Å². The summed E-state index contributed by atoms with van der Waals surface area (Å²) in [5.74, 6) is 2.85. The van der Waals surface area contributed by atoms with Gasteiger partial charge in [-0.15, -0.1) is 0 Å². The molecule has 1 aromatic carbocycles. The molecule has 0 bridgehead atoms. The molecule has 0 radical (unpaired) electrons. The molecule has 1 saturated carbocycles. The molecule has 1 fully saturated rings. The van der Waals surface area contributed by atoms with Crippen LogP contribution < -0.4 is 15.5 Å². The highest BCUT2D eigenvalue weighted by Crippen LogP contribution is 2.60. The molecule has 0 saturated heterocycles. The number of carbonyl (C=O) groups excluding carboxylic acids is 1. The fourth-order valence-electron chi connectivity index (χ4n) is 4.02. The first-order valence-corrected chi connectivity index (χ1v) is 8.86. The van der Waals surface area contributed by atoms with E-state index in [1.807, 2.05) is 37.2 Å². The number of hydrogen-bond acceptors (Lipinski definition) is 3. The van der Waals surface area contributed by atoms with Crippen molar-refractivity contribution in [1.82, 2.24) is 15.6 Å². The standard InChI is InChI=1S/C20H24N4O/c1-24(2)18-9-5-7-14(23-18)11-21-20(25)22-12-17-16-10-13-6-3-4-8-15(13)19(16)17/h3-9,16-17,19H,10-12H2,1-2H3,(H2,21,22,25)/t16-,17+,19-/m1/s1. The zero-order valence-electron chi connectivity index (χ0n) is 14.7. The minimum absolute atomic E-state index is 0.115. The van der Waals surface area contributed by atoms with Gasteiger partial charge in [0.1, 0.15) is 5.82 Å². The maximum Gasteiger partial charge on any atom is 0.315 e. The number of amides is 2. The summed E-state index contributed by atoms with van der Waals surface area (Å²) in [4.78, 5) is 18.5. The Morgan fingerprint density at radius 2 is 2.00 bits per heavy atom. The Morgan fingerprint density at radius 1 is 1.16 bits per heavy atom. The van der Waals surface area contributed by atoms with Crippen molar-refractivity contribution >= 4 is 11.8 Å². The summed E-state index contributed by atoms with van der Waals surface area (Å²) in [6, 6.07) is 14.4. The quantitative estimate of drug-likeness (QED) is 0.882. The molecule has 25 heavy (non-hydrogen) atoms. The second-order valence-corrected chi connectivity index (χ2v) is 7.20. The number of pyridine rings is 1. The van der Waals surface area contributed by atoms with Gasteiger partial charge in [0.2, 0.25) is 0 Å². The predicted molar refractivity (Wildman–Crippen MR) is 98.7 cm³/mol. The second kappa shape index (κ2) is 6.39. The van der Waals surface area contributed by atoms with Gasteiger partial charge in [-0.1, -0.05) is 30.3 Å². The molecule has 4 rings (SSSR count). The second-order valence-electron chi connectivity index (χ2n) is 7.20. The molecule has 0 spiro atoms. The van der Waals surface area contributed by atoms with E-state index in [9.17, 15) is 4.79 Å². The molecule has 5 nitrogen and oxygen atoms in total. The van der Waals surface area contributed by atoms with E-state index < -0.39 is 0 Å². The highest BCUT2D eigenvalue weighted by atomic mass is 16.2. The number of nitrogens with zero attached hydrogens (tertiary/aromatic N) is 2. The van der Waals surface area contributed by atoms with Gasteiger partial charge in [0.05, 0.1) is 12.2 Å². The fourth-order valence-corrected chi connectivity index (χ4v) is 4.02. The lowest BCUT2D eigenvalue weighted by molar-refractivity contribution is 0.239. The van der Waals surface area contributed by atoms with E-state index in [-0.39, 0.29) is 6.03 Å². The number of rotatable bonds is 5. The zero-order valence-corrected chi connectivity index (χ0v) is 14.7. The smallest absolute Gasteiger partial charge is 0.315 e. The van der Waals surface area contributed by atoms with Crippen molar-refractivity contribution in [3.05, 3.63) is 59.3 Å². The summed E-state index contributed by atoms with van der Waals surface area (Å²) >= 11 is 0. The maximum absolute atomic E-state index is 12.1. The van der Waals surface area contributed by atoms with Crippen LogP contribution in [-0.4, -0.2) is 31.7 Å². The van der Waals surface area contributed by atoms with E-state index in [1.165, 1.54) is 11.1 Å². The Morgan fingerprint density at radius 3 is 2.84 bits per heavy atom. The number of carbonyl (C=O) groups is 1. The maximum atomic E-state index is 12.1. The summed E-state index contributed by atoms with van der Waals surface area (Å²) < 4.78 is 0. The summed E-state index contributed by atoms with van der Waals surface area (Å²) in [7, 11) is 3.91. The number of urea groups is 1. The van der Waals surface area contributed by atoms with Crippen LogP contribution in [0.1, 0.15) is 22.7 Å². The van der Waals surface area contributed by atoms with Crippen molar-refractivity contribution < 1.29 is 4.79 Å². The minimum atomic E-state index is -0.115. The van der Waals surface area contributed by atoms with E-state index in [2.05, 4.69) is 39.9 Å². The highest BCUT2D eigenvalue weighted by Gasteiger charge is 2.54. The Kier molecular flexibility index (Phi) is 4.07. The number of benzene rings is 1. The van der Waals surface area contributed by atoms with Crippen LogP contribution >= 0.6 is 0 Å². The van der Waals surface area contributed by atoms with Crippen molar-refractivity contribution in [2.75, 3.05) is 25.5 Å². The molecule has 2 N–H and O–H groups in total. The van der Waals surface area contributed by atoms with E-state index in [4.69, 9.17) is 0 Å². The van der Waals surface area contributed by atoms with Crippen molar-refractivity contribution in [2.45, 2.75) is 18.9 Å². The number of nitrogens with one attached hydrogen (secondary N) is 2. The largest absolute Gasteiger partial charge is 0.363 e. The van der Waals surface area contributed by atoms with Crippen molar-refractivity contribution in [1.29, 1.82) is 0 Å². The van der Waals surface area contributed by atoms with Crippen LogP contribution in [-0.2, 0) is 13.0 Å². The van der Waals surface area contributed by atoms with Gasteiger partial charge < -0.3 is 15.5 Å². The molecule has 2 aliphatic carbocycles. The number of aromatic nitrogens is 1. The molecule has 2 aliphatic rings. The van der Waals surface area contributed by atoms with Crippen LogP contribution in [0.5, 0.6) is 0 Å². The molecule has 2 aromatic rings. The topological polar surface area (TPSA) is 57.3 Å². The average molecular weight is 336 g/mol. The van der Waals surface area contributed by atoms with Crippen LogP contribution in [0.4, 0.5) is 10.6 Å². The lowest BCUT2D eigenvalue weighted by Gasteiger charge is -2.13. The first-order chi connectivity index (χ1) is 12.1. The van der Waals surface area contributed by atoms with Gasteiger partial charge in [-0.3, -0.25) is 0 Å². The molecule has 1 aromatic heterocycles. The van der Waals surface area contributed by atoms with Gasteiger partial charge in [-0.2, -0.15) is 0 Å². The SMILES string of the molecule is CN(C)c1cccc(CNC(=O)NC[C@H]2[C@H]3Cc4ccccc4[C@H]32)n1. The van der Waals surface area contributed by atoms with Crippen molar-refractivity contribution in [2.24, 2.45) is 11.8 Å². The normalized spacial score (nSPS) is 22.7. The summed E-state index contributed by atoms with van der Waals surface area (Å²) in [6.45, 7) is 1.19. The Labute approximate surface area is 148 Å². The van der Waals surface area contributed by atoms with Crippen LogP contribution in [0.2, 0.25) is 0 Å². The molecular weight excluding hydrogens is 312 g/mol. The van der Waals surface area contributed by atoms with Gasteiger partial charge in [-0.25, -0.2) is 9.78 Å². The fraction of sp³-hybridized carbons (Fsp3) is 0.400. The van der Waals surface area contributed by atoms with Gasteiger partial charge in [0, 0.05) is 20.6 Å². The first-order valence-electron chi connectivity index (χ1n) is 8.86. The molecule has 2 amide bonds. The summed E-state index contributed by atoms with van der Waals surface area (Å²) in [6.07, 6.45) is 1.16. The number of hydrogen-bond donors (Lipinski definition) is 2. The van der Waals surface area contributed by atoms with E-state index in [0.29, 0.717) is 18.4 Å². The van der Waals surface area contributed by atoms with Gasteiger partial charge in [0.15, 0.2) is 0 Å². The average Bonchev–Trinajstić information content (AvgIpc) is 3.16. The molecule has 5 heteroatoms. The Bertz CT molecular complexity index is 789. The van der Waals surface area contributed by atoms with Crippen LogP contribution in [0, 0.1) is 11.8 Å². The molecule has 0 unspecified atom stereocenters. The molecular formula is C20H24N4O. The van der Waals surface area contributed by atoms with Gasteiger partial charge >= 0.3 is 6.03 Å². The summed E-state index contributed by atoms with van der Waals surface area (Å²) in [5.41, 5.74) is 3.84. The van der Waals surface area contributed by atoms with Crippen LogP contribution in [0.3, 0.4) is 0 Å². The van der Waals surface area contributed by atoms with E-state index in [1.54, 1.807) is 0 Å². The number of fused-ring (bicyclic) bond motifs is 3. The van der Waals surface area contributed by atoms with Crippen molar-refractivity contribution in [3.63, 3.8) is 0 Å². The third-order valence-electron chi connectivity index (χ3n) is 5.38.